The lowest BCUT2D eigenvalue weighted by molar-refractivity contribution is -0.121. The quantitative estimate of drug-likeness (QED) is 0.737. The molecule has 1 aromatic rings. The Kier molecular flexibility index (Phi) is 8.84. The van der Waals surface area contributed by atoms with Crippen LogP contribution in [0.1, 0.15) is 28.8 Å². The van der Waals surface area contributed by atoms with Crippen molar-refractivity contribution in [3.05, 3.63) is 35.4 Å². The first-order valence-corrected chi connectivity index (χ1v) is 7.95. The van der Waals surface area contributed by atoms with Gasteiger partial charge in [-0.3, -0.25) is 14.5 Å². The number of hydrogen-bond donors (Lipinski definition) is 2. The average Bonchev–Trinajstić information content (AvgIpc) is 2.54. The molecule has 0 unspecified atom stereocenters. The number of rotatable bonds is 7. The first-order chi connectivity index (χ1) is 10.6. The number of aryl methyl sites for hydroxylation is 1. The van der Waals surface area contributed by atoms with Gasteiger partial charge in [0, 0.05) is 57.7 Å². The van der Waals surface area contributed by atoms with Crippen molar-refractivity contribution in [2.75, 3.05) is 39.3 Å². The molecule has 1 aliphatic rings. The maximum atomic E-state index is 12.0. The molecule has 128 valence electrons. The van der Waals surface area contributed by atoms with Gasteiger partial charge in [-0.25, -0.2) is 0 Å². The van der Waals surface area contributed by atoms with E-state index >= 15 is 0 Å². The Morgan fingerprint density at radius 1 is 1.13 bits per heavy atom. The Morgan fingerprint density at radius 2 is 1.78 bits per heavy atom. The van der Waals surface area contributed by atoms with E-state index in [-0.39, 0.29) is 36.9 Å². The highest BCUT2D eigenvalue weighted by molar-refractivity contribution is 5.97. The molecule has 1 amide bonds. The Balaban J connectivity index is 0.00000264. The third-order valence-electron chi connectivity index (χ3n) is 3.91. The van der Waals surface area contributed by atoms with Crippen LogP contribution in [0, 0.1) is 6.92 Å². The number of nitrogens with one attached hydrogen (secondary N) is 2. The van der Waals surface area contributed by atoms with E-state index in [0.717, 1.165) is 38.3 Å². The monoisotopic (exact) mass is 339 g/mol. The van der Waals surface area contributed by atoms with Gasteiger partial charge in [-0.2, -0.15) is 0 Å². The Morgan fingerprint density at radius 3 is 2.43 bits per heavy atom. The second-order valence-corrected chi connectivity index (χ2v) is 5.73. The van der Waals surface area contributed by atoms with Gasteiger partial charge in [-0.15, -0.1) is 12.4 Å². The number of carbonyl (C=O) groups excluding carboxylic acids is 2. The fourth-order valence-corrected chi connectivity index (χ4v) is 2.49. The lowest BCUT2D eigenvalue weighted by Gasteiger charge is -2.27. The fourth-order valence-electron chi connectivity index (χ4n) is 2.49. The summed E-state index contributed by atoms with van der Waals surface area (Å²) in [5.74, 6) is -0.0205. The van der Waals surface area contributed by atoms with Gasteiger partial charge in [0.15, 0.2) is 5.78 Å². The summed E-state index contributed by atoms with van der Waals surface area (Å²) in [4.78, 5) is 26.1. The van der Waals surface area contributed by atoms with Gasteiger partial charge < -0.3 is 10.6 Å². The van der Waals surface area contributed by atoms with Crippen molar-refractivity contribution in [3.63, 3.8) is 0 Å². The highest BCUT2D eigenvalue weighted by atomic mass is 35.5. The summed E-state index contributed by atoms with van der Waals surface area (Å²) in [6.07, 6.45) is 0.525. The minimum Gasteiger partial charge on any atom is -0.355 e. The van der Waals surface area contributed by atoms with Crippen molar-refractivity contribution in [2.45, 2.75) is 19.8 Å². The van der Waals surface area contributed by atoms with Crippen molar-refractivity contribution in [3.8, 4) is 0 Å². The van der Waals surface area contributed by atoms with Gasteiger partial charge in [0.1, 0.15) is 0 Å². The number of piperazine rings is 1. The Hall–Kier alpha value is -1.43. The predicted molar refractivity (Wildman–Crippen MR) is 94.3 cm³/mol. The molecule has 1 heterocycles. The van der Waals surface area contributed by atoms with Crippen molar-refractivity contribution >= 4 is 24.1 Å². The van der Waals surface area contributed by atoms with Gasteiger partial charge in [-0.05, 0) is 6.92 Å². The van der Waals surface area contributed by atoms with Crippen LogP contribution < -0.4 is 10.6 Å². The zero-order valence-electron chi connectivity index (χ0n) is 13.6. The largest absolute Gasteiger partial charge is 0.355 e. The number of hydrogen-bond acceptors (Lipinski definition) is 4. The lowest BCUT2D eigenvalue weighted by Crippen LogP contribution is -2.46. The molecular weight excluding hydrogens is 314 g/mol. The lowest BCUT2D eigenvalue weighted by atomic mass is 10.1. The first kappa shape index (κ1) is 19.6. The smallest absolute Gasteiger partial charge is 0.220 e. The molecule has 0 saturated carbocycles. The topological polar surface area (TPSA) is 61.4 Å². The molecule has 0 spiro atoms. The summed E-state index contributed by atoms with van der Waals surface area (Å²) in [7, 11) is 0. The number of benzene rings is 1. The van der Waals surface area contributed by atoms with E-state index in [4.69, 9.17) is 0 Å². The molecule has 2 N–H and O–H groups in total. The fraction of sp³-hybridized carbons (Fsp3) is 0.529. The number of ketones is 1. The van der Waals surface area contributed by atoms with E-state index in [1.54, 1.807) is 0 Å². The number of amides is 1. The van der Waals surface area contributed by atoms with Crippen LogP contribution in [-0.2, 0) is 4.79 Å². The summed E-state index contributed by atoms with van der Waals surface area (Å²) in [5.41, 5.74) is 1.81. The van der Waals surface area contributed by atoms with Crippen LogP contribution in [-0.4, -0.2) is 55.9 Å². The van der Waals surface area contributed by atoms with E-state index in [2.05, 4.69) is 15.5 Å². The number of halogens is 1. The highest BCUT2D eigenvalue weighted by Gasteiger charge is 2.11. The number of Topliss-reactive ketones (excluding diaryl/α,β-unsaturated/α-hetero) is 1. The van der Waals surface area contributed by atoms with Crippen molar-refractivity contribution in [1.29, 1.82) is 0 Å². The third-order valence-corrected chi connectivity index (χ3v) is 3.91. The first-order valence-electron chi connectivity index (χ1n) is 7.95. The number of nitrogens with zero attached hydrogens (tertiary/aromatic N) is 1. The molecule has 0 bridgehead atoms. The molecule has 0 aliphatic carbocycles. The maximum absolute atomic E-state index is 12.0. The molecule has 0 atom stereocenters. The van der Waals surface area contributed by atoms with Crippen LogP contribution in [0.2, 0.25) is 0 Å². The van der Waals surface area contributed by atoms with Crippen LogP contribution in [0.3, 0.4) is 0 Å². The molecular formula is C17H26ClN3O2. The van der Waals surface area contributed by atoms with E-state index < -0.39 is 0 Å². The van der Waals surface area contributed by atoms with E-state index in [1.807, 2.05) is 31.2 Å². The average molecular weight is 340 g/mol. The molecule has 2 rings (SSSR count). The van der Waals surface area contributed by atoms with Crippen LogP contribution in [0.15, 0.2) is 24.3 Å². The normalized spacial score (nSPS) is 14.8. The third kappa shape index (κ3) is 7.12. The summed E-state index contributed by atoms with van der Waals surface area (Å²) in [6.45, 7) is 7.60. The predicted octanol–water partition coefficient (Wildman–Crippen LogP) is 1.40. The molecule has 1 aromatic carbocycles. The van der Waals surface area contributed by atoms with Crippen LogP contribution in [0.5, 0.6) is 0 Å². The summed E-state index contributed by atoms with van der Waals surface area (Å²) < 4.78 is 0. The minimum absolute atomic E-state index is 0. The van der Waals surface area contributed by atoms with Gasteiger partial charge in [0.05, 0.1) is 0 Å². The molecule has 5 nitrogen and oxygen atoms in total. The zero-order chi connectivity index (χ0) is 15.8. The second-order valence-electron chi connectivity index (χ2n) is 5.73. The van der Waals surface area contributed by atoms with Crippen LogP contribution in [0.25, 0.3) is 0 Å². The van der Waals surface area contributed by atoms with E-state index in [1.165, 1.54) is 0 Å². The molecule has 1 fully saturated rings. The van der Waals surface area contributed by atoms with Crippen molar-refractivity contribution in [1.82, 2.24) is 15.5 Å². The SMILES string of the molecule is Cc1ccc(C(=O)CCC(=O)NCCN2CCNCC2)cc1.Cl. The van der Waals surface area contributed by atoms with Crippen molar-refractivity contribution in [2.24, 2.45) is 0 Å². The Labute approximate surface area is 144 Å². The van der Waals surface area contributed by atoms with Gasteiger partial charge in [-0.1, -0.05) is 29.8 Å². The van der Waals surface area contributed by atoms with Crippen LogP contribution >= 0.6 is 12.4 Å². The molecule has 1 aliphatic heterocycles. The number of carbonyl (C=O) groups is 2. The summed E-state index contributed by atoms with van der Waals surface area (Å²) in [5, 5.41) is 6.19. The van der Waals surface area contributed by atoms with Gasteiger partial charge in [0.2, 0.25) is 5.91 Å². The molecule has 0 radical (unpaired) electrons. The standard InChI is InChI=1S/C17H25N3O2.ClH/c1-14-2-4-15(5-3-14)16(21)6-7-17(22)19-10-13-20-11-8-18-9-12-20;/h2-5,18H,6-13H2,1H3,(H,19,22);1H. The maximum Gasteiger partial charge on any atom is 0.220 e. The zero-order valence-corrected chi connectivity index (χ0v) is 14.5. The summed E-state index contributed by atoms with van der Waals surface area (Å²) in [6, 6.07) is 7.47. The van der Waals surface area contributed by atoms with E-state index in [0.29, 0.717) is 12.1 Å². The van der Waals surface area contributed by atoms with Gasteiger partial charge >= 0.3 is 0 Å². The molecule has 6 heteroatoms. The molecule has 1 saturated heterocycles. The molecule has 0 aromatic heterocycles. The molecule has 23 heavy (non-hydrogen) atoms. The minimum atomic E-state index is -0.0457. The van der Waals surface area contributed by atoms with Gasteiger partial charge in [0.25, 0.3) is 0 Å². The second kappa shape index (κ2) is 10.4. The van der Waals surface area contributed by atoms with E-state index in [9.17, 15) is 9.59 Å². The van der Waals surface area contributed by atoms with Crippen molar-refractivity contribution < 1.29 is 9.59 Å². The summed E-state index contributed by atoms with van der Waals surface area (Å²) >= 11 is 0. The Bertz CT molecular complexity index is 499. The highest BCUT2D eigenvalue weighted by Crippen LogP contribution is 2.07. The van der Waals surface area contributed by atoms with Crippen LogP contribution in [0.4, 0.5) is 0 Å².